The summed E-state index contributed by atoms with van der Waals surface area (Å²) in [5, 5.41) is 1.27. The number of hydrogen-bond acceptors (Lipinski definition) is 1. The molecular formula is C16H16BrN3. The minimum absolute atomic E-state index is 0.830. The van der Waals surface area contributed by atoms with Crippen molar-refractivity contribution in [3.63, 3.8) is 0 Å². The highest BCUT2D eigenvalue weighted by Gasteiger charge is 2.26. The Morgan fingerprint density at radius 3 is 2.80 bits per heavy atom. The van der Waals surface area contributed by atoms with Crippen LogP contribution in [0.4, 0.5) is 0 Å². The molecule has 0 bridgehead atoms. The largest absolute Gasteiger partial charge is 0.337 e. The Hall–Kier alpha value is -1.55. The lowest BCUT2D eigenvalue weighted by molar-refractivity contribution is 0.647. The van der Waals surface area contributed by atoms with Gasteiger partial charge in [0, 0.05) is 36.9 Å². The molecule has 0 amide bonds. The lowest BCUT2D eigenvalue weighted by atomic mass is 10.2. The predicted octanol–water partition coefficient (Wildman–Crippen LogP) is 4.21. The van der Waals surface area contributed by atoms with Crippen LogP contribution in [0.15, 0.2) is 41.1 Å². The van der Waals surface area contributed by atoms with Gasteiger partial charge in [-0.2, -0.15) is 0 Å². The monoisotopic (exact) mass is 329 g/mol. The molecule has 2 aromatic heterocycles. The molecule has 1 aromatic carbocycles. The number of benzene rings is 1. The third-order valence-electron chi connectivity index (χ3n) is 4.08. The average Bonchev–Trinajstić information content (AvgIpc) is 3.12. The van der Waals surface area contributed by atoms with Crippen LogP contribution in [0, 0.1) is 5.92 Å². The summed E-state index contributed by atoms with van der Waals surface area (Å²) in [6, 6.07) is 8.58. The smallest absolute Gasteiger partial charge is 0.157 e. The van der Waals surface area contributed by atoms with Crippen molar-refractivity contribution in [1.29, 1.82) is 0 Å². The van der Waals surface area contributed by atoms with E-state index in [0.717, 1.165) is 22.8 Å². The SMILES string of the molecule is Cn1ccnc1-c1c(Br)c2ccccc2n1CC1CC1. The van der Waals surface area contributed by atoms with Crippen LogP contribution in [0.5, 0.6) is 0 Å². The van der Waals surface area contributed by atoms with Gasteiger partial charge in [-0.05, 0) is 40.8 Å². The van der Waals surface area contributed by atoms with E-state index in [0.29, 0.717) is 0 Å². The van der Waals surface area contributed by atoms with Crippen LogP contribution in [0.1, 0.15) is 12.8 Å². The number of halogens is 1. The highest BCUT2D eigenvalue weighted by atomic mass is 79.9. The summed E-state index contributed by atoms with van der Waals surface area (Å²) in [7, 11) is 2.05. The van der Waals surface area contributed by atoms with Gasteiger partial charge in [-0.15, -0.1) is 0 Å². The van der Waals surface area contributed by atoms with E-state index in [1.807, 2.05) is 19.4 Å². The van der Waals surface area contributed by atoms with Crippen molar-refractivity contribution in [2.45, 2.75) is 19.4 Å². The highest BCUT2D eigenvalue weighted by molar-refractivity contribution is 9.10. The number of para-hydroxylation sites is 1. The van der Waals surface area contributed by atoms with Gasteiger partial charge in [-0.25, -0.2) is 4.98 Å². The maximum absolute atomic E-state index is 4.54. The zero-order chi connectivity index (χ0) is 13.7. The zero-order valence-corrected chi connectivity index (χ0v) is 13.0. The normalized spacial score (nSPS) is 15.1. The van der Waals surface area contributed by atoms with E-state index in [1.165, 1.54) is 29.4 Å². The van der Waals surface area contributed by atoms with Crippen LogP contribution >= 0.6 is 15.9 Å². The molecule has 2 heterocycles. The number of aromatic nitrogens is 3. The lowest BCUT2D eigenvalue weighted by Gasteiger charge is -2.10. The Morgan fingerprint density at radius 1 is 1.30 bits per heavy atom. The van der Waals surface area contributed by atoms with Gasteiger partial charge in [0.1, 0.15) is 0 Å². The summed E-state index contributed by atoms with van der Waals surface area (Å²) in [4.78, 5) is 4.54. The first kappa shape index (κ1) is 12.2. The molecule has 3 aromatic rings. The molecule has 20 heavy (non-hydrogen) atoms. The molecule has 0 aliphatic heterocycles. The van der Waals surface area contributed by atoms with E-state index < -0.39 is 0 Å². The molecule has 1 saturated carbocycles. The maximum Gasteiger partial charge on any atom is 0.157 e. The minimum atomic E-state index is 0.830. The van der Waals surface area contributed by atoms with Gasteiger partial charge in [0.15, 0.2) is 5.82 Å². The molecule has 0 unspecified atom stereocenters. The van der Waals surface area contributed by atoms with E-state index in [9.17, 15) is 0 Å². The average molecular weight is 330 g/mol. The first-order valence-corrected chi connectivity index (χ1v) is 7.79. The molecule has 3 nitrogen and oxygen atoms in total. The first-order chi connectivity index (χ1) is 9.75. The zero-order valence-electron chi connectivity index (χ0n) is 11.4. The topological polar surface area (TPSA) is 22.8 Å². The second-order valence-corrected chi connectivity index (χ2v) is 6.39. The van der Waals surface area contributed by atoms with Gasteiger partial charge >= 0.3 is 0 Å². The van der Waals surface area contributed by atoms with Gasteiger partial charge in [0.2, 0.25) is 0 Å². The summed E-state index contributed by atoms with van der Waals surface area (Å²) >= 11 is 3.79. The number of aryl methyl sites for hydroxylation is 1. The van der Waals surface area contributed by atoms with Crippen LogP contribution in [0.2, 0.25) is 0 Å². The molecule has 0 radical (unpaired) electrons. The van der Waals surface area contributed by atoms with E-state index in [2.05, 4.69) is 54.3 Å². The number of nitrogens with zero attached hydrogens (tertiary/aromatic N) is 3. The quantitative estimate of drug-likeness (QED) is 0.705. The Labute approximate surface area is 126 Å². The van der Waals surface area contributed by atoms with E-state index >= 15 is 0 Å². The van der Waals surface area contributed by atoms with Crippen LogP contribution in [0.25, 0.3) is 22.4 Å². The molecule has 1 aliphatic rings. The maximum atomic E-state index is 4.54. The summed E-state index contributed by atoms with van der Waals surface area (Å²) in [5.74, 6) is 1.85. The number of hydrogen-bond donors (Lipinski definition) is 0. The van der Waals surface area contributed by atoms with Crippen molar-refractivity contribution in [2.24, 2.45) is 13.0 Å². The van der Waals surface area contributed by atoms with Gasteiger partial charge in [0.25, 0.3) is 0 Å². The van der Waals surface area contributed by atoms with E-state index in [4.69, 9.17) is 0 Å². The van der Waals surface area contributed by atoms with E-state index in [-0.39, 0.29) is 0 Å². The molecule has 4 heteroatoms. The Bertz CT molecular complexity index is 780. The fraction of sp³-hybridized carbons (Fsp3) is 0.312. The molecule has 4 rings (SSSR count). The van der Waals surface area contributed by atoms with Crippen molar-refractivity contribution in [3.8, 4) is 11.5 Å². The lowest BCUT2D eigenvalue weighted by Crippen LogP contribution is -2.04. The van der Waals surface area contributed by atoms with E-state index in [1.54, 1.807) is 0 Å². The second kappa shape index (κ2) is 4.48. The first-order valence-electron chi connectivity index (χ1n) is 7.00. The van der Waals surface area contributed by atoms with Gasteiger partial charge in [-0.1, -0.05) is 18.2 Å². The van der Waals surface area contributed by atoms with Crippen LogP contribution in [-0.4, -0.2) is 14.1 Å². The van der Waals surface area contributed by atoms with Crippen molar-refractivity contribution in [1.82, 2.24) is 14.1 Å². The summed E-state index contributed by atoms with van der Waals surface area (Å²) < 4.78 is 5.67. The predicted molar refractivity (Wildman–Crippen MR) is 84.6 cm³/mol. The molecule has 0 atom stereocenters. The summed E-state index contributed by atoms with van der Waals surface area (Å²) in [5.41, 5.74) is 2.50. The van der Waals surface area contributed by atoms with Crippen molar-refractivity contribution in [2.75, 3.05) is 0 Å². The van der Waals surface area contributed by atoms with Crippen LogP contribution in [0.3, 0.4) is 0 Å². The molecule has 1 fully saturated rings. The molecule has 0 spiro atoms. The van der Waals surface area contributed by atoms with Gasteiger partial charge < -0.3 is 9.13 Å². The summed E-state index contributed by atoms with van der Waals surface area (Å²) in [6.07, 6.45) is 6.57. The van der Waals surface area contributed by atoms with Crippen molar-refractivity contribution >= 4 is 26.8 Å². The highest BCUT2D eigenvalue weighted by Crippen LogP contribution is 2.40. The third kappa shape index (κ3) is 1.82. The Morgan fingerprint density at radius 2 is 2.10 bits per heavy atom. The molecule has 0 N–H and O–H groups in total. The van der Waals surface area contributed by atoms with Gasteiger partial charge in [0.05, 0.1) is 10.2 Å². The molecular weight excluding hydrogens is 314 g/mol. The van der Waals surface area contributed by atoms with Gasteiger partial charge in [-0.3, -0.25) is 0 Å². The standard InChI is InChI=1S/C16H16BrN3/c1-19-9-8-18-16(19)15-14(17)12-4-2-3-5-13(12)20(15)10-11-6-7-11/h2-5,8-9,11H,6-7,10H2,1H3. The molecule has 102 valence electrons. The minimum Gasteiger partial charge on any atom is -0.337 e. The molecule has 0 saturated heterocycles. The Kier molecular flexibility index (Phi) is 2.74. The fourth-order valence-electron chi connectivity index (χ4n) is 2.82. The number of rotatable bonds is 3. The molecule has 1 aliphatic carbocycles. The van der Waals surface area contributed by atoms with Crippen LogP contribution < -0.4 is 0 Å². The second-order valence-electron chi connectivity index (χ2n) is 5.60. The number of fused-ring (bicyclic) bond motifs is 1. The van der Waals surface area contributed by atoms with Crippen molar-refractivity contribution < 1.29 is 0 Å². The van der Waals surface area contributed by atoms with Crippen molar-refractivity contribution in [3.05, 3.63) is 41.1 Å². The van der Waals surface area contributed by atoms with Crippen LogP contribution in [-0.2, 0) is 13.6 Å². The fourth-order valence-corrected chi connectivity index (χ4v) is 3.55. The Balaban J connectivity index is 2.02. The third-order valence-corrected chi connectivity index (χ3v) is 4.88. The number of imidazole rings is 1. The summed E-state index contributed by atoms with van der Waals surface area (Å²) in [6.45, 7) is 1.09.